The topological polar surface area (TPSA) is 18.5 Å². The monoisotopic (exact) mass is 248 g/mol. The molecule has 0 aromatic rings. The van der Waals surface area contributed by atoms with Crippen LogP contribution in [0.4, 0.5) is 0 Å². The number of ether oxygens (including phenoxy) is 2. The maximum atomic E-state index is 5.69. The van der Waals surface area contributed by atoms with E-state index < -0.39 is 0 Å². The Morgan fingerprint density at radius 3 is 2.40 bits per heavy atom. The summed E-state index contributed by atoms with van der Waals surface area (Å²) in [5.74, 6) is 0. The van der Waals surface area contributed by atoms with Crippen LogP contribution in [0.5, 0.6) is 0 Å². The summed E-state index contributed by atoms with van der Waals surface area (Å²) in [4.78, 5) is 0. The maximum absolute atomic E-state index is 5.69. The molecule has 0 radical (unpaired) electrons. The molecule has 0 N–H and O–H groups in total. The average Bonchev–Trinajstić information content (AvgIpc) is 2.83. The highest BCUT2D eigenvalue weighted by Crippen LogP contribution is 2.42. The summed E-state index contributed by atoms with van der Waals surface area (Å²) in [6.45, 7) is 6.30. The van der Waals surface area contributed by atoms with E-state index in [1.54, 1.807) is 0 Å². The zero-order chi connectivity index (χ0) is 10.7. The Morgan fingerprint density at radius 1 is 1.07 bits per heavy atom. The standard InChI is InChI=1S/C11H20O2S2/c1-3-9-11(5-7-13-9)15-14-10-4-6-12-8(10)2/h8-11H,3-7H2,1-2H3. The van der Waals surface area contributed by atoms with Crippen LogP contribution < -0.4 is 0 Å². The minimum atomic E-state index is 0.435. The van der Waals surface area contributed by atoms with Gasteiger partial charge in [-0.2, -0.15) is 0 Å². The Morgan fingerprint density at radius 2 is 1.73 bits per heavy atom. The molecule has 2 aliphatic heterocycles. The molecular weight excluding hydrogens is 228 g/mol. The van der Waals surface area contributed by atoms with Crippen molar-refractivity contribution in [3.63, 3.8) is 0 Å². The van der Waals surface area contributed by atoms with Crippen molar-refractivity contribution in [1.82, 2.24) is 0 Å². The van der Waals surface area contributed by atoms with Gasteiger partial charge in [-0.1, -0.05) is 28.5 Å². The first-order valence-corrected chi connectivity index (χ1v) is 8.14. The van der Waals surface area contributed by atoms with Crippen molar-refractivity contribution >= 4 is 21.6 Å². The summed E-state index contributed by atoms with van der Waals surface area (Å²) >= 11 is 0. The van der Waals surface area contributed by atoms with Crippen molar-refractivity contribution in [2.75, 3.05) is 13.2 Å². The van der Waals surface area contributed by atoms with E-state index in [9.17, 15) is 0 Å². The van der Waals surface area contributed by atoms with Gasteiger partial charge >= 0.3 is 0 Å². The van der Waals surface area contributed by atoms with Gasteiger partial charge in [0, 0.05) is 23.7 Å². The van der Waals surface area contributed by atoms with Crippen molar-refractivity contribution < 1.29 is 9.47 Å². The minimum absolute atomic E-state index is 0.435. The van der Waals surface area contributed by atoms with Crippen LogP contribution in [0.15, 0.2) is 0 Å². The Hall–Kier alpha value is 0.620. The van der Waals surface area contributed by atoms with Crippen molar-refractivity contribution in [1.29, 1.82) is 0 Å². The van der Waals surface area contributed by atoms with E-state index in [4.69, 9.17) is 9.47 Å². The van der Waals surface area contributed by atoms with Gasteiger partial charge in [0.25, 0.3) is 0 Å². The van der Waals surface area contributed by atoms with E-state index in [-0.39, 0.29) is 0 Å². The zero-order valence-electron chi connectivity index (χ0n) is 9.48. The molecule has 2 rings (SSSR count). The third-order valence-electron chi connectivity index (χ3n) is 3.16. The molecule has 15 heavy (non-hydrogen) atoms. The second-order valence-electron chi connectivity index (χ2n) is 4.24. The molecule has 2 aliphatic rings. The fourth-order valence-corrected chi connectivity index (χ4v) is 5.68. The fraction of sp³-hybridized carbons (Fsp3) is 1.00. The first-order valence-electron chi connectivity index (χ1n) is 5.86. The summed E-state index contributed by atoms with van der Waals surface area (Å²) in [6, 6.07) is 0. The van der Waals surface area contributed by atoms with E-state index in [0.717, 1.165) is 19.6 Å². The summed E-state index contributed by atoms with van der Waals surface area (Å²) in [6.07, 6.45) is 4.50. The Kier molecular flexibility index (Phi) is 4.68. The van der Waals surface area contributed by atoms with Crippen LogP contribution >= 0.6 is 21.6 Å². The van der Waals surface area contributed by atoms with E-state index in [1.807, 2.05) is 21.6 Å². The van der Waals surface area contributed by atoms with E-state index in [0.29, 0.717) is 22.7 Å². The van der Waals surface area contributed by atoms with Crippen LogP contribution in [0.3, 0.4) is 0 Å². The maximum Gasteiger partial charge on any atom is 0.0700 e. The van der Waals surface area contributed by atoms with Crippen LogP contribution in [-0.2, 0) is 9.47 Å². The average molecular weight is 248 g/mol. The van der Waals surface area contributed by atoms with E-state index >= 15 is 0 Å². The highest BCUT2D eigenvalue weighted by atomic mass is 33.1. The van der Waals surface area contributed by atoms with Gasteiger partial charge in [0.15, 0.2) is 0 Å². The van der Waals surface area contributed by atoms with Gasteiger partial charge in [-0.25, -0.2) is 0 Å². The SMILES string of the molecule is CCC1OCCC1SSC1CCOC1C. The zero-order valence-corrected chi connectivity index (χ0v) is 11.1. The van der Waals surface area contributed by atoms with Gasteiger partial charge in [-0.05, 0) is 26.2 Å². The lowest BCUT2D eigenvalue weighted by Crippen LogP contribution is -2.18. The molecule has 0 aromatic heterocycles. The third-order valence-corrected chi connectivity index (χ3v) is 6.74. The Labute approximate surface area is 100 Å². The van der Waals surface area contributed by atoms with Crippen molar-refractivity contribution in [2.45, 2.75) is 55.8 Å². The highest BCUT2D eigenvalue weighted by molar-refractivity contribution is 8.77. The number of hydrogen-bond donors (Lipinski definition) is 0. The smallest absolute Gasteiger partial charge is 0.0700 e. The highest BCUT2D eigenvalue weighted by Gasteiger charge is 2.31. The third kappa shape index (κ3) is 3.05. The van der Waals surface area contributed by atoms with Crippen molar-refractivity contribution in [2.24, 2.45) is 0 Å². The molecule has 0 bridgehead atoms. The van der Waals surface area contributed by atoms with Gasteiger partial charge < -0.3 is 9.47 Å². The van der Waals surface area contributed by atoms with Crippen LogP contribution in [-0.4, -0.2) is 35.9 Å². The lowest BCUT2D eigenvalue weighted by molar-refractivity contribution is 0.110. The first kappa shape index (κ1) is 12.1. The number of hydrogen-bond acceptors (Lipinski definition) is 4. The number of rotatable bonds is 4. The largest absolute Gasteiger partial charge is 0.377 e. The molecular formula is C11H20O2S2. The molecule has 2 fully saturated rings. The normalized spacial score (nSPS) is 41.2. The molecule has 0 spiro atoms. The molecule has 0 aromatic carbocycles. The summed E-state index contributed by atoms with van der Waals surface area (Å²) < 4.78 is 11.3. The molecule has 88 valence electrons. The van der Waals surface area contributed by atoms with E-state index in [2.05, 4.69) is 13.8 Å². The van der Waals surface area contributed by atoms with Crippen LogP contribution in [0.2, 0.25) is 0 Å². The summed E-state index contributed by atoms with van der Waals surface area (Å²) in [5, 5.41) is 1.39. The van der Waals surface area contributed by atoms with Gasteiger partial charge in [-0.15, -0.1) is 0 Å². The van der Waals surface area contributed by atoms with Crippen LogP contribution in [0.1, 0.15) is 33.1 Å². The molecule has 4 atom stereocenters. The molecule has 0 aliphatic carbocycles. The second-order valence-corrected chi connectivity index (χ2v) is 6.99. The van der Waals surface area contributed by atoms with Gasteiger partial charge in [0.05, 0.1) is 12.2 Å². The molecule has 0 saturated carbocycles. The molecule has 4 unspecified atom stereocenters. The second kappa shape index (κ2) is 5.80. The lowest BCUT2D eigenvalue weighted by Gasteiger charge is -2.19. The predicted octanol–water partition coefficient (Wildman–Crippen LogP) is 3.11. The predicted molar refractivity (Wildman–Crippen MR) is 67.4 cm³/mol. The lowest BCUT2D eigenvalue weighted by atomic mass is 10.2. The van der Waals surface area contributed by atoms with Crippen molar-refractivity contribution in [3.05, 3.63) is 0 Å². The van der Waals surface area contributed by atoms with Gasteiger partial charge in [0.1, 0.15) is 0 Å². The quantitative estimate of drug-likeness (QED) is 0.711. The Bertz CT molecular complexity index is 201. The van der Waals surface area contributed by atoms with Crippen LogP contribution in [0.25, 0.3) is 0 Å². The molecule has 4 heteroatoms. The van der Waals surface area contributed by atoms with E-state index in [1.165, 1.54) is 12.8 Å². The van der Waals surface area contributed by atoms with Gasteiger partial charge in [0.2, 0.25) is 0 Å². The van der Waals surface area contributed by atoms with Gasteiger partial charge in [-0.3, -0.25) is 0 Å². The summed E-state index contributed by atoms with van der Waals surface area (Å²) in [5.41, 5.74) is 0. The molecule has 2 heterocycles. The Balaban J connectivity index is 1.72. The summed E-state index contributed by atoms with van der Waals surface area (Å²) in [7, 11) is 4.05. The molecule has 2 saturated heterocycles. The molecule has 0 amide bonds. The minimum Gasteiger partial charge on any atom is -0.377 e. The fourth-order valence-electron chi connectivity index (χ4n) is 2.10. The van der Waals surface area contributed by atoms with Crippen molar-refractivity contribution in [3.8, 4) is 0 Å². The van der Waals surface area contributed by atoms with Crippen LogP contribution in [0, 0.1) is 0 Å². The molecule has 2 nitrogen and oxygen atoms in total. The first-order chi connectivity index (χ1) is 7.31.